The Kier molecular flexibility index (Phi) is 3.06. The molecule has 1 aromatic carbocycles. The summed E-state index contributed by atoms with van der Waals surface area (Å²) in [7, 11) is 1.68. The lowest BCUT2D eigenvalue weighted by atomic mass is 9.96. The molecule has 0 heterocycles. The number of nitrogens with one attached hydrogen (secondary N) is 1. The highest BCUT2D eigenvalue weighted by Gasteiger charge is 2.43. The Morgan fingerprint density at radius 1 is 1.44 bits per heavy atom. The molecular weight excluding hydrogens is 222 g/mol. The number of nitrogens with two attached hydrogens (primary N) is 1. The predicted molar refractivity (Wildman–Crippen MR) is 67.9 cm³/mol. The number of aliphatic imine (C=N–C) groups is 1. The van der Waals surface area contributed by atoms with Crippen molar-refractivity contribution in [1.29, 1.82) is 0 Å². The molecule has 1 aromatic rings. The molecule has 0 saturated heterocycles. The molecule has 0 atom stereocenters. The molecule has 0 aromatic heterocycles. The van der Waals surface area contributed by atoms with E-state index < -0.39 is 0 Å². The number of nitrogens with zero attached hydrogens (tertiary/aromatic N) is 1. The van der Waals surface area contributed by atoms with E-state index in [1.54, 1.807) is 7.05 Å². The van der Waals surface area contributed by atoms with E-state index in [1.165, 1.54) is 18.4 Å². The van der Waals surface area contributed by atoms with Gasteiger partial charge in [0.05, 0.1) is 0 Å². The van der Waals surface area contributed by atoms with Gasteiger partial charge in [0.15, 0.2) is 5.96 Å². The highest BCUT2D eigenvalue weighted by molar-refractivity contribution is 6.30. The molecule has 0 amide bonds. The first-order valence-corrected chi connectivity index (χ1v) is 5.76. The fourth-order valence-corrected chi connectivity index (χ4v) is 1.99. The number of guanidine groups is 1. The van der Waals surface area contributed by atoms with Crippen molar-refractivity contribution in [2.24, 2.45) is 10.7 Å². The van der Waals surface area contributed by atoms with Gasteiger partial charge in [0, 0.05) is 24.0 Å². The lowest BCUT2D eigenvalue weighted by molar-refractivity contribution is 0.656. The van der Waals surface area contributed by atoms with Crippen molar-refractivity contribution in [1.82, 2.24) is 5.32 Å². The van der Waals surface area contributed by atoms with Gasteiger partial charge in [0.25, 0.3) is 0 Å². The molecule has 1 aliphatic rings. The van der Waals surface area contributed by atoms with Crippen LogP contribution in [0.15, 0.2) is 29.3 Å². The fraction of sp³-hybridized carbons (Fsp3) is 0.417. The molecule has 1 fully saturated rings. The Hall–Kier alpha value is -1.22. The minimum absolute atomic E-state index is 0.236. The molecule has 0 aliphatic heterocycles. The molecule has 0 unspecified atom stereocenters. The Bertz CT molecular complexity index is 393. The average Bonchev–Trinajstić information content (AvgIpc) is 3.08. The van der Waals surface area contributed by atoms with Crippen molar-refractivity contribution in [2.45, 2.75) is 18.3 Å². The number of rotatable bonds is 3. The molecule has 2 rings (SSSR count). The zero-order chi connectivity index (χ0) is 11.6. The van der Waals surface area contributed by atoms with E-state index in [4.69, 9.17) is 17.3 Å². The molecule has 1 saturated carbocycles. The maximum Gasteiger partial charge on any atom is 0.188 e. The van der Waals surface area contributed by atoms with Gasteiger partial charge in [0.1, 0.15) is 0 Å². The summed E-state index contributed by atoms with van der Waals surface area (Å²) in [5, 5.41) is 3.92. The first-order valence-electron chi connectivity index (χ1n) is 5.38. The minimum Gasteiger partial charge on any atom is -0.370 e. The van der Waals surface area contributed by atoms with Gasteiger partial charge in [0.2, 0.25) is 0 Å². The summed E-state index contributed by atoms with van der Waals surface area (Å²) >= 11 is 5.88. The molecule has 3 nitrogen and oxygen atoms in total. The zero-order valence-corrected chi connectivity index (χ0v) is 10.1. The SMILES string of the molecule is CN=C(N)NCC1(c2ccc(Cl)cc2)CC1. The second-order valence-electron chi connectivity index (χ2n) is 4.25. The summed E-state index contributed by atoms with van der Waals surface area (Å²) in [6.45, 7) is 0.845. The molecule has 86 valence electrons. The topological polar surface area (TPSA) is 50.4 Å². The highest BCUT2D eigenvalue weighted by atomic mass is 35.5. The standard InChI is InChI=1S/C12H16ClN3/c1-15-11(14)16-8-12(6-7-12)9-2-4-10(13)5-3-9/h2-5H,6-8H2,1H3,(H3,14,15,16). The fourth-order valence-electron chi connectivity index (χ4n) is 1.86. The molecular formula is C12H16ClN3. The maximum absolute atomic E-state index is 5.88. The smallest absolute Gasteiger partial charge is 0.188 e. The van der Waals surface area contributed by atoms with Gasteiger partial charge in [-0.1, -0.05) is 23.7 Å². The van der Waals surface area contributed by atoms with Crippen molar-refractivity contribution >= 4 is 17.6 Å². The van der Waals surface area contributed by atoms with Crippen LogP contribution in [0.4, 0.5) is 0 Å². The lowest BCUT2D eigenvalue weighted by Crippen LogP contribution is -2.37. The Morgan fingerprint density at radius 2 is 2.06 bits per heavy atom. The first-order chi connectivity index (χ1) is 7.66. The Morgan fingerprint density at radius 3 is 2.56 bits per heavy atom. The van der Waals surface area contributed by atoms with Crippen molar-refractivity contribution in [3.63, 3.8) is 0 Å². The van der Waals surface area contributed by atoms with Crippen LogP contribution in [0.5, 0.6) is 0 Å². The van der Waals surface area contributed by atoms with E-state index in [0.29, 0.717) is 5.96 Å². The third-order valence-electron chi connectivity index (χ3n) is 3.16. The van der Waals surface area contributed by atoms with E-state index in [1.807, 2.05) is 12.1 Å². The lowest BCUT2D eigenvalue weighted by Gasteiger charge is -2.16. The summed E-state index contributed by atoms with van der Waals surface area (Å²) in [5.74, 6) is 0.500. The van der Waals surface area contributed by atoms with Gasteiger partial charge in [-0.25, -0.2) is 0 Å². The van der Waals surface area contributed by atoms with Crippen molar-refractivity contribution in [3.05, 3.63) is 34.9 Å². The van der Waals surface area contributed by atoms with Crippen LogP contribution in [0.25, 0.3) is 0 Å². The largest absolute Gasteiger partial charge is 0.370 e. The van der Waals surface area contributed by atoms with Gasteiger partial charge < -0.3 is 11.1 Å². The molecule has 0 radical (unpaired) electrons. The van der Waals surface area contributed by atoms with E-state index in [-0.39, 0.29) is 5.41 Å². The molecule has 16 heavy (non-hydrogen) atoms. The monoisotopic (exact) mass is 237 g/mol. The maximum atomic E-state index is 5.88. The summed E-state index contributed by atoms with van der Waals surface area (Å²) in [5.41, 5.74) is 7.19. The Balaban J connectivity index is 2.05. The van der Waals surface area contributed by atoms with E-state index in [2.05, 4.69) is 22.4 Å². The third kappa shape index (κ3) is 2.30. The van der Waals surface area contributed by atoms with Gasteiger partial charge >= 0.3 is 0 Å². The van der Waals surface area contributed by atoms with Crippen LogP contribution in [0.1, 0.15) is 18.4 Å². The second kappa shape index (κ2) is 4.34. The quantitative estimate of drug-likeness (QED) is 0.623. The normalized spacial score (nSPS) is 18.2. The number of hydrogen-bond donors (Lipinski definition) is 2. The van der Waals surface area contributed by atoms with Crippen molar-refractivity contribution < 1.29 is 0 Å². The zero-order valence-electron chi connectivity index (χ0n) is 9.33. The van der Waals surface area contributed by atoms with Crippen LogP contribution in [0.2, 0.25) is 5.02 Å². The van der Waals surface area contributed by atoms with Crippen LogP contribution in [-0.4, -0.2) is 19.6 Å². The van der Waals surface area contributed by atoms with Gasteiger partial charge in [-0.15, -0.1) is 0 Å². The Labute approximate surface area is 101 Å². The van der Waals surface area contributed by atoms with E-state index in [0.717, 1.165) is 11.6 Å². The third-order valence-corrected chi connectivity index (χ3v) is 3.41. The van der Waals surface area contributed by atoms with Crippen LogP contribution in [-0.2, 0) is 5.41 Å². The average molecular weight is 238 g/mol. The minimum atomic E-state index is 0.236. The van der Waals surface area contributed by atoms with Crippen molar-refractivity contribution in [3.8, 4) is 0 Å². The number of benzene rings is 1. The van der Waals surface area contributed by atoms with Gasteiger partial charge in [-0.3, -0.25) is 4.99 Å². The van der Waals surface area contributed by atoms with Crippen LogP contribution < -0.4 is 11.1 Å². The van der Waals surface area contributed by atoms with Gasteiger partial charge in [-0.2, -0.15) is 0 Å². The molecule has 1 aliphatic carbocycles. The second-order valence-corrected chi connectivity index (χ2v) is 4.69. The summed E-state index contributed by atoms with van der Waals surface area (Å²) < 4.78 is 0. The van der Waals surface area contributed by atoms with E-state index >= 15 is 0 Å². The molecule has 4 heteroatoms. The number of halogens is 1. The molecule has 0 spiro atoms. The van der Waals surface area contributed by atoms with Crippen molar-refractivity contribution in [2.75, 3.05) is 13.6 Å². The van der Waals surface area contributed by atoms with Gasteiger partial charge in [-0.05, 0) is 30.5 Å². The summed E-state index contributed by atoms with van der Waals surface area (Å²) in [6, 6.07) is 8.06. The molecule has 3 N–H and O–H groups in total. The first kappa shape index (κ1) is 11.3. The number of hydrogen-bond acceptors (Lipinski definition) is 1. The van der Waals surface area contributed by atoms with Crippen LogP contribution in [0.3, 0.4) is 0 Å². The van der Waals surface area contributed by atoms with Crippen LogP contribution >= 0.6 is 11.6 Å². The summed E-state index contributed by atoms with van der Waals surface area (Å²) in [4.78, 5) is 3.89. The highest BCUT2D eigenvalue weighted by Crippen LogP contribution is 2.47. The predicted octanol–water partition coefficient (Wildman–Crippen LogP) is 1.91. The summed E-state index contributed by atoms with van der Waals surface area (Å²) in [6.07, 6.45) is 2.39. The molecule has 0 bridgehead atoms. The van der Waals surface area contributed by atoms with Crippen LogP contribution in [0, 0.1) is 0 Å². The van der Waals surface area contributed by atoms with E-state index in [9.17, 15) is 0 Å².